The molecule has 0 amide bonds. The Balaban J connectivity index is 0.828. The Morgan fingerprint density at radius 3 is 1.25 bits per heavy atom. The van der Waals surface area contributed by atoms with Crippen LogP contribution in [-0.2, 0) is 21.7 Å². The number of hydrogen-bond donors (Lipinski definition) is 0. The van der Waals surface area contributed by atoms with Crippen LogP contribution in [0.3, 0.4) is 0 Å². The maximum absolute atomic E-state index is 7.12. The van der Waals surface area contributed by atoms with E-state index in [4.69, 9.17) is 13.3 Å². The Hall–Kier alpha value is -10.7. The van der Waals surface area contributed by atoms with Crippen molar-refractivity contribution in [3.63, 3.8) is 0 Å². The molecule has 16 aromatic rings. The minimum Gasteiger partial charge on any atom is -0.455 e. The zero-order valence-electron chi connectivity index (χ0n) is 52.7. The first-order valence-corrected chi connectivity index (χ1v) is 32.6. The van der Waals surface area contributed by atoms with E-state index >= 15 is 0 Å². The van der Waals surface area contributed by atoms with Crippen molar-refractivity contribution < 1.29 is 13.3 Å². The van der Waals surface area contributed by atoms with Crippen LogP contribution in [0, 0.1) is 0 Å². The van der Waals surface area contributed by atoms with Gasteiger partial charge in [0.25, 0.3) is 0 Å². The third kappa shape index (κ3) is 6.51. The fourth-order valence-electron chi connectivity index (χ4n) is 18.0. The number of para-hydroxylation sites is 3. The third-order valence-corrected chi connectivity index (χ3v) is 22.4. The van der Waals surface area contributed by atoms with Crippen LogP contribution in [0.4, 0.5) is 17.1 Å². The number of hydrogen-bond acceptors (Lipinski definition) is 4. The molecule has 4 aliphatic rings. The van der Waals surface area contributed by atoms with Crippen molar-refractivity contribution in [1.82, 2.24) is 0 Å². The lowest BCUT2D eigenvalue weighted by molar-refractivity contribution is 0.600. The van der Waals surface area contributed by atoms with Crippen molar-refractivity contribution in [2.45, 2.75) is 77.0 Å². The number of furan rings is 3. The van der Waals surface area contributed by atoms with E-state index in [9.17, 15) is 0 Å². The lowest BCUT2D eigenvalue weighted by Crippen LogP contribution is -2.24. The van der Waals surface area contributed by atoms with Crippen molar-refractivity contribution in [3.8, 4) is 66.8 Å². The maximum Gasteiger partial charge on any atom is 0.144 e. The average molecular weight is 1180 g/mol. The topological polar surface area (TPSA) is 42.7 Å². The Morgan fingerprint density at radius 2 is 0.663 bits per heavy atom. The Labute approximate surface area is 533 Å². The molecule has 0 bridgehead atoms. The van der Waals surface area contributed by atoms with E-state index < -0.39 is 10.8 Å². The zero-order valence-corrected chi connectivity index (χ0v) is 52.7. The molecule has 4 aliphatic carbocycles. The first kappa shape index (κ1) is 52.1. The molecular formula is C88H63NO3. The van der Waals surface area contributed by atoms with Crippen molar-refractivity contribution in [2.75, 3.05) is 4.90 Å². The Bertz CT molecular complexity index is 6010. The molecule has 20 rings (SSSR count). The van der Waals surface area contributed by atoms with Gasteiger partial charge < -0.3 is 18.2 Å². The zero-order chi connectivity index (χ0) is 61.6. The van der Waals surface area contributed by atoms with Gasteiger partial charge in [-0.05, 0) is 172 Å². The molecule has 0 N–H and O–H groups in total. The van der Waals surface area contributed by atoms with Crippen molar-refractivity contribution in [3.05, 3.63) is 281 Å². The highest BCUT2D eigenvalue weighted by atomic mass is 16.3. The Kier molecular flexibility index (Phi) is 9.99. The van der Waals surface area contributed by atoms with Gasteiger partial charge >= 0.3 is 0 Å². The number of anilines is 3. The molecular weight excluding hydrogens is 1120 g/mol. The minimum atomic E-state index is -0.403. The molecule has 4 heteroatoms. The van der Waals surface area contributed by atoms with Gasteiger partial charge in [0.05, 0.1) is 0 Å². The van der Waals surface area contributed by atoms with E-state index in [1.54, 1.807) is 0 Å². The van der Waals surface area contributed by atoms with Gasteiger partial charge in [0.1, 0.15) is 33.5 Å². The third-order valence-electron chi connectivity index (χ3n) is 22.4. The molecule has 4 nitrogen and oxygen atoms in total. The second-order valence-corrected chi connectivity index (χ2v) is 28.6. The van der Waals surface area contributed by atoms with E-state index in [0.717, 1.165) is 83.4 Å². The normalized spacial score (nSPS) is 15.5. The molecule has 0 aliphatic heterocycles. The highest BCUT2D eigenvalue weighted by Gasteiger charge is 2.49. The van der Waals surface area contributed by atoms with E-state index in [1.807, 2.05) is 0 Å². The summed E-state index contributed by atoms with van der Waals surface area (Å²) in [5, 5.41) is 9.40. The van der Waals surface area contributed by atoms with Crippen LogP contribution in [0.25, 0.3) is 143 Å². The van der Waals surface area contributed by atoms with Gasteiger partial charge in [0, 0.05) is 87.7 Å². The average Bonchev–Trinajstić information content (AvgIpc) is 1.51. The highest BCUT2D eigenvalue weighted by molar-refractivity contribution is 6.23. The van der Waals surface area contributed by atoms with Gasteiger partial charge in [-0.1, -0.05) is 225 Å². The van der Waals surface area contributed by atoms with Gasteiger partial charge in [-0.15, -0.1) is 0 Å². The number of fused-ring (bicyclic) bond motifs is 27. The monoisotopic (exact) mass is 1180 g/mol. The summed E-state index contributed by atoms with van der Waals surface area (Å²) in [4.78, 5) is 2.56. The van der Waals surface area contributed by atoms with E-state index in [0.29, 0.717) is 0 Å². The van der Waals surface area contributed by atoms with Crippen molar-refractivity contribution in [1.29, 1.82) is 0 Å². The predicted molar refractivity (Wildman–Crippen MR) is 382 cm³/mol. The lowest BCUT2D eigenvalue weighted by Gasteiger charge is -2.32. The van der Waals surface area contributed by atoms with E-state index in [1.165, 1.54) is 122 Å². The van der Waals surface area contributed by atoms with Crippen LogP contribution in [0.2, 0.25) is 0 Å². The fraction of sp³-hybridized carbons (Fsp3) is 0.136. The van der Waals surface area contributed by atoms with Gasteiger partial charge in [0.2, 0.25) is 0 Å². The molecule has 0 radical (unpaired) electrons. The highest BCUT2D eigenvalue weighted by Crippen LogP contribution is 2.65. The Morgan fingerprint density at radius 1 is 0.261 bits per heavy atom. The first-order valence-electron chi connectivity index (χ1n) is 32.6. The van der Waals surface area contributed by atoms with Gasteiger partial charge in [0.15, 0.2) is 0 Å². The summed E-state index contributed by atoms with van der Waals surface area (Å²) in [6.07, 6.45) is 0. The van der Waals surface area contributed by atoms with Crippen LogP contribution in [-0.4, -0.2) is 0 Å². The molecule has 3 heterocycles. The summed E-state index contributed by atoms with van der Waals surface area (Å²) < 4.78 is 21.1. The van der Waals surface area contributed by atoms with Crippen LogP contribution in [0.5, 0.6) is 0 Å². The number of rotatable bonds is 5. The summed E-state index contributed by atoms with van der Waals surface area (Å²) in [6.45, 7) is 19.5. The molecule has 438 valence electrons. The van der Waals surface area contributed by atoms with Crippen LogP contribution in [0.15, 0.2) is 250 Å². The molecule has 0 atom stereocenters. The molecule has 92 heavy (non-hydrogen) atoms. The molecule has 0 unspecified atom stereocenters. The molecule has 0 spiro atoms. The smallest absolute Gasteiger partial charge is 0.144 e. The second-order valence-electron chi connectivity index (χ2n) is 28.6. The maximum atomic E-state index is 7.12. The van der Waals surface area contributed by atoms with Crippen LogP contribution >= 0.6 is 0 Å². The van der Waals surface area contributed by atoms with Crippen LogP contribution < -0.4 is 4.90 Å². The molecule has 3 aromatic heterocycles. The molecule has 13 aromatic carbocycles. The standard InChI is InChI=1S/C88H63NO3/c1-85(2)65-43-50(37-40-56(65)73-68(85)46-62(49-23-10-9-11-24-49)82-76(73)59-29-15-19-34-70(59)90-82)89(52-39-42-58-67(45-52)88(7,8)80-75(58)78-61-31-17-21-36-72(61)92-84(78)79-55-28-14-18-33-64(55)87(5,6)81(79)80)51-38-41-57-66(44-51)86(3,4)69-47-63(54-32-22-26-48-25-12-13-27-53(48)54)83-77(74(57)69)60-30-16-20-35-71(60)91-83/h9-47H,1-8H3. The first-order chi connectivity index (χ1) is 44.7. The molecule has 0 saturated heterocycles. The van der Waals surface area contributed by atoms with Crippen molar-refractivity contribution in [2.24, 2.45) is 0 Å². The minimum absolute atomic E-state index is 0.277. The van der Waals surface area contributed by atoms with Crippen LogP contribution in [0.1, 0.15) is 99.9 Å². The largest absolute Gasteiger partial charge is 0.455 e. The number of benzene rings is 13. The summed E-state index contributed by atoms with van der Waals surface area (Å²) in [5.74, 6) is 0. The predicted octanol–water partition coefficient (Wildman–Crippen LogP) is 24.6. The van der Waals surface area contributed by atoms with Crippen molar-refractivity contribution >= 4 is 93.7 Å². The number of nitrogens with zero attached hydrogens (tertiary/aromatic N) is 1. The summed E-state index contributed by atoms with van der Waals surface area (Å²) in [7, 11) is 0. The second kappa shape index (κ2) is 17.6. The molecule has 0 fully saturated rings. The SMILES string of the molecule is CC1(C)c2cc(N(c3ccc4c(c3)C(C)(C)c3cc(-c5cccc6ccccc56)c5oc6ccccc6c5c3-4)c3ccc4c(c3)C(C)(C)c3c5c(c6oc7ccccc7c6c3-4)-c3ccccc3C5(C)C)ccc2-c2c1cc(-c1ccccc1)c1oc3ccccc3c21. The van der Waals surface area contributed by atoms with Gasteiger partial charge in [-0.2, -0.15) is 0 Å². The van der Waals surface area contributed by atoms with E-state index in [-0.39, 0.29) is 10.8 Å². The van der Waals surface area contributed by atoms with Gasteiger partial charge in [-0.25, -0.2) is 0 Å². The summed E-state index contributed by atoms with van der Waals surface area (Å²) in [5.41, 5.74) is 32.6. The van der Waals surface area contributed by atoms with Gasteiger partial charge in [-0.3, -0.25) is 0 Å². The quantitative estimate of drug-likeness (QED) is 0.172. The molecule has 0 saturated carbocycles. The summed E-state index contributed by atoms with van der Waals surface area (Å²) >= 11 is 0. The fourth-order valence-corrected chi connectivity index (χ4v) is 18.0. The summed E-state index contributed by atoms with van der Waals surface area (Å²) in [6, 6.07) is 88.0. The lowest BCUT2D eigenvalue weighted by atomic mass is 9.72. The van der Waals surface area contributed by atoms with E-state index in [2.05, 4.69) is 297 Å².